The van der Waals surface area contributed by atoms with Crippen LogP contribution in [0.5, 0.6) is 0 Å². The van der Waals surface area contributed by atoms with E-state index in [2.05, 4.69) is 35.8 Å². The van der Waals surface area contributed by atoms with Crippen molar-refractivity contribution in [1.82, 2.24) is 25.2 Å². The lowest BCUT2D eigenvalue weighted by Crippen LogP contribution is -2.54. The summed E-state index contributed by atoms with van der Waals surface area (Å²) in [5.41, 5.74) is 2.55. The van der Waals surface area contributed by atoms with E-state index in [4.69, 9.17) is 11.6 Å². The summed E-state index contributed by atoms with van der Waals surface area (Å²) in [6.45, 7) is 5.88. The van der Waals surface area contributed by atoms with E-state index < -0.39 is 29.7 Å². The number of benzene rings is 2. The molecule has 16 heteroatoms. The third-order valence-corrected chi connectivity index (χ3v) is 9.87. The van der Waals surface area contributed by atoms with Crippen molar-refractivity contribution in [3.05, 3.63) is 81.1 Å². The molecule has 0 aliphatic carbocycles. The number of aromatic nitrogens is 3. The second-order valence-electron chi connectivity index (χ2n) is 11.8. The molecule has 2 fully saturated rings. The number of imide groups is 2. The largest absolute Gasteiger partial charge is 0.367 e. The molecule has 0 saturated carbocycles. The molecule has 3 aliphatic rings. The lowest BCUT2D eigenvalue weighted by molar-refractivity contribution is -0.136. The van der Waals surface area contributed by atoms with Gasteiger partial charge in [0.2, 0.25) is 11.8 Å². The van der Waals surface area contributed by atoms with Gasteiger partial charge in [-0.1, -0.05) is 41.1 Å². The molecular formula is C33H30ClN9O5S. The molecule has 0 bridgehead atoms. The Bertz CT molecular complexity index is 2020. The Labute approximate surface area is 289 Å². The molecule has 14 nitrogen and oxygen atoms in total. The number of fused-ring (bicyclic) bond motifs is 1. The predicted octanol–water partition coefficient (Wildman–Crippen LogP) is 3.93. The van der Waals surface area contributed by atoms with Crippen LogP contribution in [0, 0.1) is 13.8 Å². The van der Waals surface area contributed by atoms with E-state index in [9.17, 15) is 24.0 Å². The molecule has 1 atom stereocenters. The maximum atomic E-state index is 13.6. The van der Waals surface area contributed by atoms with Crippen LogP contribution in [0.25, 0.3) is 0 Å². The number of anilines is 5. The molecule has 3 aliphatic heterocycles. The Kier molecular flexibility index (Phi) is 8.46. The Morgan fingerprint density at radius 2 is 1.73 bits per heavy atom. The SMILES string of the molecule is Cc1nc(Nc2ncc(C(=O)Nc3c(C)cccc3Cl)s2)cc(N2CCN(c3cccc4c3C(=O)N(C3CCC(=O)NC3=O)C4=O)CC2)n1. The van der Waals surface area contributed by atoms with Crippen LogP contribution >= 0.6 is 22.9 Å². The third-order valence-electron chi connectivity index (χ3n) is 8.64. The lowest BCUT2D eigenvalue weighted by Gasteiger charge is -2.37. The standard InChI is InChI=1S/C33H30ClN9O5S/c1-17-5-3-7-20(34)28(17)40-30(46)23-16-35-33(49-23)38-24-15-25(37-18(2)36-24)42-13-11-41(12-14-42)21-8-4-6-19-27(21)32(48)43(31(19)47)22-9-10-26(44)39-29(22)45/h3-8,15-16,22H,9-14H2,1-2H3,(H,40,46)(H,39,44,45)(H,35,36,37,38). The van der Waals surface area contributed by atoms with E-state index in [0.717, 1.165) is 10.5 Å². The molecule has 5 amide bonds. The first-order valence-electron chi connectivity index (χ1n) is 15.6. The highest BCUT2D eigenvalue weighted by molar-refractivity contribution is 7.17. The van der Waals surface area contributed by atoms with Crippen molar-refractivity contribution in [2.45, 2.75) is 32.7 Å². The summed E-state index contributed by atoms with van der Waals surface area (Å²) in [6.07, 6.45) is 1.65. The number of thiazole rings is 1. The molecule has 3 N–H and O–H groups in total. The Hall–Kier alpha value is -5.41. The number of para-hydroxylation sites is 1. The van der Waals surface area contributed by atoms with Gasteiger partial charge in [-0.15, -0.1) is 0 Å². The number of nitrogens with one attached hydrogen (secondary N) is 3. The highest BCUT2D eigenvalue weighted by atomic mass is 35.5. The average molecular weight is 700 g/mol. The van der Waals surface area contributed by atoms with E-state index in [1.54, 1.807) is 25.1 Å². The summed E-state index contributed by atoms with van der Waals surface area (Å²) in [5.74, 6) is -0.674. The van der Waals surface area contributed by atoms with Crippen molar-refractivity contribution < 1.29 is 24.0 Å². The molecule has 49 heavy (non-hydrogen) atoms. The van der Waals surface area contributed by atoms with Crippen molar-refractivity contribution in [1.29, 1.82) is 0 Å². The van der Waals surface area contributed by atoms with Gasteiger partial charge in [-0.2, -0.15) is 0 Å². The number of piperidine rings is 1. The second-order valence-corrected chi connectivity index (χ2v) is 13.3. The number of rotatable bonds is 7. The minimum absolute atomic E-state index is 0.0601. The van der Waals surface area contributed by atoms with Crippen LogP contribution in [0.3, 0.4) is 0 Å². The topological polar surface area (TPSA) is 170 Å². The third kappa shape index (κ3) is 6.18. The molecule has 1 unspecified atom stereocenters. The maximum absolute atomic E-state index is 13.6. The van der Waals surface area contributed by atoms with Crippen molar-refractivity contribution in [2.75, 3.05) is 46.6 Å². The summed E-state index contributed by atoms with van der Waals surface area (Å²) in [4.78, 5) is 83.0. The number of nitrogens with zero attached hydrogens (tertiary/aromatic N) is 6. The average Bonchev–Trinajstić information content (AvgIpc) is 3.64. The van der Waals surface area contributed by atoms with E-state index >= 15 is 0 Å². The van der Waals surface area contributed by atoms with Gasteiger partial charge < -0.3 is 20.4 Å². The fourth-order valence-electron chi connectivity index (χ4n) is 6.23. The first kappa shape index (κ1) is 32.2. The van der Waals surface area contributed by atoms with Gasteiger partial charge in [0.15, 0.2) is 5.13 Å². The van der Waals surface area contributed by atoms with Gasteiger partial charge in [0.25, 0.3) is 17.7 Å². The van der Waals surface area contributed by atoms with Gasteiger partial charge >= 0.3 is 0 Å². The fourth-order valence-corrected chi connectivity index (χ4v) is 7.21. The second kappa shape index (κ2) is 12.9. The van der Waals surface area contributed by atoms with Crippen LogP contribution in [0.1, 0.15) is 54.6 Å². The van der Waals surface area contributed by atoms with Crippen molar-refractivity contribution in [2.24, 2.45) is 0 Å². The molecule has 5 heterocycles. The van der Waals surface area contributed by atoms with Crippen LogP contribution in [-0.2, 0) is 9.59 Å². The molecular weight excluding hydrogens is 670 g/mol. The Morgan fingerprint density at radius 3 is 2.49 bits per heavy atom. The normalized spacial score (nSPS) is 17.7. The number of aryl methyl sites for hydroxylation is 2. The van der Waals surface area contributed by atoms with Gasteiger partial charge in [-0.05, 0) is 44.0 Å². The first-order chi connectivity index (χ1) is 23.6. The van der Waals surface area contributed by atoms with Crippen LogP contribution in [0.15, 0.2) is 48.7 Å². The van der Waals surface area contributed by atoms with E-state index in [1.807, 2.05) is 36.1 Å². The van der Waals surface area contributed by atoms with Crippen molar-refractivity contribution in [3.8, 4) is 0 Å². The zero-order valence-electron chi connectivity index (χ0n) is 26.4. The molecule has 7 rings (SSSR count). The summed E-state index contributed by atoms with van der Waals surface area (Å²) >= 11 is 7.45. The number of piperazine rings is 1. The molecule has 0 radical (unpaired) electrons. The zero-order chi connectivity index (χ0) is 34.4. The quantitative estimate of drug-likeness (QED) is 0.239. The molecule has 0 spiro atoms. The lowest BCUT2D eigenvalue weighted by atomic mass is 10.0. The zero-order valence-corrected chi connectivity index (χ0v) is 28.0. The van der Waals surface area contributed by atoms with Crippen molar-refractivity contribution >= 4 is 80.6 Å². The minimum atomic E-state index is -1.02. The molecule has 2 aromatic carbocycles. The van der Waals surface area contributed by atoms with Crippen LogP contribution < -0.4 is 25.8 Å². The van der Waals surface area contributed by atoms with Gasteiger partial charge in [-0.25, -0.2) is 15.0 Å². The molecule has 250 valence electrons. The first-order valence-corrected chi connectivity index (χ1v) is 16.8. The van der Waals surface area contributed by atoms with Gasteiger partial charge in [0, 0.05) is 38.7 Å². The van der Waals surface area contributed by atoms with E-state index in [1.165, 1.54) is 17.5 Å². The van der Waals surface area contributed by atoms with Crippen LogP contribution in [0.2, 0.25) is 5.02 Å². The summed E-state index contributed by atoms with van der Waals surface area (Å²) < 4.78 is 0. The highest BCUT2D eigenvalue weighted by Gasteiger charge is 2.46. The van der Waals surface area contributed by atoms with Crippen LogP contribution in [0.4, 0.5) is 28.1 Å². The number of carbonyl (C=O) groups excluding carboxylic acids is 5. The summed E-state index contributed by atoms with van der Waals surface area (Å²) in [6, 6.07) is 11.3. The number of amides is 5. The van der Waals surface area contributed by atoms with E-state index in [0.29, 0.717) is 70.0 Å². The van der Waals surface area contributed by atoms with E-state index in [-0.39, 0.29) is 29.9 Å². The highest BCUT2D eigenvalue weighted by Crippen LogP contribution is 2.35. The van der Waals surface area contributed by atoms with Gasteiger partial charge in [-0.3, -0.25) is 34.2 Å². The predicted molar refractivity (Wildman–Crippen MR) is 184 cm³/mol. The number of hydrogen-bond donors (Lipinski definition) is 3. The minimum Gasteiger partial charge on any atom is -0.367 e. The molecule has 2 aromatic heterocycles. The summed E-state index contributed by atoms with van der Waals surface area (Å²) in [5, 5.41) is 9.21. The monoisotopic (exact) mass is 699 g/mol. The Morgan fingerprint density at radius 1 is 0.980 bits per heavy atom. The smallest absolute Gasteiger partial charge is 0.267 e. The summed E-state index contributed by atoms with van der Waals surface area (Å²) in [7, 11) is 0. The molecule has 4 aromatic rings. The maximum Gasteiger partial charge on any atom is 0.267 e. The van der Waals surface area contributed by atoms with Crippen molar-refractivity contribution in [3.63, 3.8) is 0 Å². The Balaban J connectivity index is 1.02. The van der Waals surface area contributed by atoms with Gasteiger partial charge in [0.05, 0.1) is 33.7 Å². The number of hydrogen-bond acceptors (Lipinski definition) is 12. The number of halogens is 1. The fraction of sp³-hybridized carbons (Fsp3) is 0.273. The molecule has 2 saturated heterocycles. The van der Waals surface area contributed by atoms with Gasteiger partial charge in [0.1, 0.15) is 28.4 Å². The van der Waals surface area contributed by atoms with Crippen LogP contribution in [-0.4, -0.2) is 81.6 Å². The number of carbonyl (C=O) groups is 5.